The second-order valence-corrected chi connectivity index (χ2v) is 16.8. The standard InChI is InChI=1S/C59H40/c1-59(2)55-36-40-16-4-3-15-39(40)34-54(55)52-28-14-27-45(58(52)59)37-29-31-38(32-30-37)56-48-23-9-11-25-50(48)57(51-26-12-10-24-49(51)56)43-19-13-18-41(33-43)53-35-42-17-5-6-20-44(42)46-21-7-8-22-47(46)53/h3-36H,1-2H3. The second kappa shape index (κ2) is 12.9. The summed E-state index contributed by atoms with van der Waals surface area (Å²) < 4.78 is 0. The van der Waals surface area contributed by atoms with Gasteiger partial charge in [-0.2, -0.15) is 0 Å². The Hall–Kier alpha value is -7.28. The SMILES string of the molecule is CC1(C)c2cc3ccccc3cc2-c2cccc(-c3ccc(-c4c5ccccc5c(-c5cccc(-c6cc7ccccc7c7ccccc67)c5)c5ccccc45)cc3)c21. The fourth-order valence-corrected chi connectivity index (χ4v) is 10.5. The zero-order valence-electron chi connectivity index (χ0n) is 33.1. The summed E-state index contributed by atoms with van der Waals surface area (Å²) in [6.45, 7) is 4.79. The van der Waals surface area contributed by atoms with Gasteiger partial charge in [-0.15, -0.1) is 0 Å². The lowest BCUT2D eigenvalue weighted by Gasteiger charge is -2.25. The van der Waals surface area contributed by atoms with E-state index in [1.54, 1.807) is 0 Å². The average Bonchev–Trinajstić information content (AvgIpc) is 3.52. The van der Waals surface area contributed by atoms with E-state index in [0.717, 1.165) is 0 Å². The minimum absolute atomic E-state index is 0.120. The first-order valence-corrected chi connectivity index (χ1v) is 20.8. The Morgan fingerprint density at radius 3 is 1.42 bits per heavy atom. The van der Waals surface area contributed by atoms with Crippen molar-refractivity contribution in [2.45, 2.75) is 19.3 Å². The third-order valence-corrected chi connectivity index (χ3v) is 13.2. The normalized spacial score (nSPS) is 13.1. The smallest absolute Gasteiger partial charge is 0.0165 e. The van der Waals surface area contributed by atoms with Crippen LogP contribution in [-0.2, 0) is 5.41 Å². The van der Waals surface area contributed by atoms with E-state index in [-0.39, 0.29) is 5.41 Å². The van der Waals surface area contributed by atoms with Crippen LogP contribution in [-0.4, -0.2) is 0 Å². The topological polar surface area (TPSA) is 0 Å². The highest BCUT2D eigenvalue weighted by Gasteiger charge is 2.37. The lowest BCUT2D eigenvalue weighted by atomic mass is 9.78. The van der Waals surface area contributed by atoms with Gasteiger partial charge in [0.2, 0.25) is 0 Å². The molecule has 276 valence electrons. The minimum atomic E-state index is -0.120. The highest BCUT2D eigenvalue weighted by Crippen LogP contribution is 2.53. The van der Waals surface area contributed by atoms with Gasteiger partial charge in [0, 0.05) is 5.41 Å². The molecule has 59 heavy (non-hydrogen) atoms. The van der Waals surface area contributed by atoms with Crippen molar-refractivity contribution in [1.82, 2.24) is 0 Å². The predicted molar refractivity (Wildman–Crippen MR) is 253 cm³/mol. The van der Waals surface area contributed by atoms with E-state index in [0.29, 0.717) is 0 Å². The van der Waals surface area contributed by atoms with Crippen LogP contribution in [0.15, 0.2) is 206 Å². The van der Waals surface area contributed by atoms with Crippen molar-refractivity contribution in [2.24, 2.45) is 0 Å². The molecule has 11 aromatic carbocycles. The van der Waals surface area contributed by atoms with Gasteiger partial charge in [0.25, 0.3) is 0 Å². The molecule has 0 radical (unpaired) electrons. The monoisotopic (exact) mass is 748 g/mol. The maximum atomic E-state index is 2.42. The molecule has 1 aliphatic rings. The summed E-state index contributed by atoms with van der Waals surface area (Å²) in [5.41, 5.74) is 15.5. The Morgan fingerprint density at radius 2 is 0.746 bits per heavy atom. The molecule has 0 heterocycles. The van der Waals surface area contributed by atoms with Gasteiger partial charge >= 0.3 is 0 Å². The summed E-state index contributed by atoms with van der Waals surface area (Å²) in [5.74, 6) is 0. The van der Waals surface area contributed by atoms with Crippen LogP contribution in [0.1, 0.15) is 25.0 Å². The van der Waals surface area contributed by atoms with Crippen molar-refractivity contribution >= 4 is 53.9 Å². The Morgan fingerprint density at radius 1 is 0.271 bits per heavy atom. The van der Waals surface area contributed by atoms with E-state index in [9.17, 15) is 0 Å². The van der Waals surface area contributed by atoms with Crippen molar-refractivity contribution < 1.29 is 0 Å². The van der Waals surface area contributed by atoms with Gasteiger partial charge in [0.1, 0.15) is 0 Å². The van der Waals surface area contributed by atoms with Gasteiger partial charge in [-0.25, -0.2) is 0 Å². The molecular weight excluding hydrogens is 709 g/mol. The third-order valence-electron chi connectivity index (χ3n) is 13.2. The van der Waals surface area contributed by atoms with Gasteiger partial charge < -0.3 is 0 Å². The Bertz CT molecular complexity index is 3450. The number of rotatable bonds is 4. The summed E-state index contributed by atoms with van der Waals surface area (Å²) in [6, 6.07) is 76.9. The lowest BCUT2D eigenvalue weighted by Crippen LogP contribution is -2.16. The minimum Gasteiger partial charge on any atom is -0.0616 e. The second-order valence-electron chi connectivity index (χ2n) is 16.8. The zero-order valence-corrected chi connectivity index (χ0v) is 33.1. The van der Waals surface area contributed by atoms with E-state index in [2.05, 4.69) is 220 Å². The van der Waals surface area contributed by atoms with Gasteiger partial charge in [-0.3, -0.25) is 0 Å². The van der Waals surface area contributed by atoms with E-state index in [1.165, 1.54) is 121 Å². The van der Waals surface area contributed by atoms with Gasteiger partial charge in [-0.1, -0.05) is 196 Å². The van der Waals surface area contributed by atoms with Crippen LogP contribution in [0.2, 0.25) is 0 Å². The van der Waals surface area contributed by atoms with Gasteiger partial charge in [0.05, 0.1) is 0 Å². The summed E-state index contributed by atoms with van der Waals surface area (Å²) in [4.78, 5) is 0. The van der Waals surface area contributed by atoms with Crippen LogP contribution in [0.25, 0.3) is 109 Å². The average molecular weight is 749 g/mol. The number of hydrogen-bond acceptors (Lipinski definition) is 0. The van der Waals surface area contributed by atoms with Crippen LogP contribution in [0, 0.1) is 0 Å². The van der Waals surface area contributed by atoms with Crippen molar-refractivity contribution in [3.05, 3.63) is 217 Å². The van der Waals surface area contributed by atoms with Crippen molar-refractivity contribution in [2.75, 3.05) is 0 Å². The fraction of sp³-hybridized carbons (Fsp3) is 0.0508. The molecule has 12 rings (SSSR count). The van der Waals surface area contributed by atoms with Gasteiger partial charge in [0.15, 0.2) is 0 Å². The van der Waals surface area contributed by atoms with Crippen LogP contribution in [0.5, 0.6) is 0 Å². The van der Waals surface area contributed by atoms with E-state index >= 15 is 0 Å². The van der Waals surface area contributed by atoms with Crippen LogP contribution >= 0.6 is 0 Å². The predicted octanol–water partition coefficient (Wildman–Crippen LogP) is 16.4. The Labute approximate surface area is 344 Å². The van der Waals surface area contributed by atoms with E-state index < -0.39 is 0 Å². The molecular formula is C59H40. The highest BCUT2D eigenvalue weighted by molar-refractivity contribution is 6.22. The Kier molecular flexibility index (Phi) is 7.38. The summed E-state index contributed by atoms with van der Waals surface area (Å²) in [5, 5.41) is 12.8. The quantitative estimate of drug-likeness (QED) is 0.124. The molecule has 0 saturated heterocycles. The first-order valence-electron chi connectivity index (χ1n) is 20.8. The molecule has 0 fully saturated rings. The molecule has 0 spiro atoms. The van der Waals surface area contributed by atoms with Crippen molar-refractivity contribution in [3.8, 4) is 55.6 Å². The van der Waals surface area contributed by atoms with Crippen molar-refractivity contribution in [1.29, 1.82) is 0 Å². The number of fused-ring (bicyclic) bond motifs is 9. The summed E-state index contributed by atoms with van der Waals surface area (Å²) in [6.07, 6.45) is 0. The molecule has 0 unspecified atom stereocenters. The molecule has 0 amide bonds. The molecule has 0 N–H and O–H groups in total. The van der Waals surface area contributed by atoms with E-state index in [1.807, 2.05) is 0 Å². The van der Waals surface area contributed by atoms with E-state index in [4.69, 9.17) is 0 Å². The third kappa shape index (κ3) is 5.09. The lowest BCUT2D eigenvalue weighted by molar-refractivity contribution is 0.663. The van der Waals surface area contributed by atoms with Crippen LogP contribution < -0.4 is 0 Å². The fourth-order valence-electron chi connectivity index (χ4n) is 10.5. The van der Waals surface area contributed by atoms with Crippen LogP contribution in [0.4, 0.5) is 0 Å². The number of hydrogen-bond donors (Lipinski definition) is 0. The molecule has 0 aliphatic heterocycles. The summed E-state index contributed by atoms with van der Waals surface area (Å²) >= 11 is 0. The molecule has 1 aliphatic carbocycles. The summed E-state index contributed by atoms with van der Waals surface area (Å²) in [7, 11) is 0. The van der Waals surface area contributed by atoms with Gasteiger partial charge in [-0.05, 0) is 145 Å². The van der Waals surface area contributed by atoms with Crippen LogP contribution in [0.3, 0.4) is 0 Å². The first-order chi connectivity index (χ1) is 29.0. The maximum absolute atomic E-state index is 2.42. The molecule has 0 bridgehead atoms. The zero-order chi connectivity index (χ0) is 39.2. The van der Waals surface area contributed by atoms with Crippen molar-refractivity contribution in [3.63, 3.8) is 0 Å². The molecule has 11 aromatic rings. The maximum Gasteiger partial charge on any atom is 0.0165 e. The largest absolute Gasteiger partial charge is 0.0616 e. The first kappa shape index (κ1) is 33.8. The molecule has 0 saturated carbocycles. The highest BCUT2D eigenvalue weighted by atomic mass is 14.4. The molecule has 0 heteroatoms. The molecule has 0 atom stereocenters. The Balaban J connectivity index is 1.00. The molecule has 0 aromatic heterocycles. The molecule has 0 nitrogen and oxygen atoms in total. The number of benzene rings is 11.